The van der Waals surface area contributed by atoms with Crippen LogP contribution in [0.5, 0.6) is 0 Å². The number of carbonyl (C=O) groups excluding carboxylic acids is 1. The molecule has 2 aromatic heterocycles. The molecule has 0 aliphatic carbocycles. The number of hydrogen-bond donors (Lipinski definition) is 1. The van der Waals surface area contributed by atoms with E-state index < -0.39 is 0 Å². The van der Waals surface area contributed by atoms with Crippen LogP contribution in [0.3, 0.4) is 0 Å². The Hall–Kier alpha value is -2.96. The normalized spacial score (nSPS) is 10.8. The van der Waals surface area contributed by atoms with Crippen LogP contribution in [0, 0.1) is 6.92 Å². The standard InChI is InChI=1S/C15H14N4O3/c1-10-18-13-5-3-2-4-12(13)15(21)19(10)9-14(20)16-8-11-6-7-17-22-11/h2-7H,8-9H2,1H3,(H,16,20). The predicted octanol–water partition coefficient (Wildman–Crippen LogP) is 1.01. The fourth-order valence-electron chi connectivity index (χ4n) is 2.18. The molecular weight excluding hydrogens is 284 g/mol. The van der Waals surface area contributed by atoms with E-state index >= 15 is 0 Å². The maximum Gasteiger partial charge on any atom is 0.261 e. The van der Waals surface area contributed by atoms with Crippen molar-refractivity contribution in [1.82, 2.24) is 20.0 Å². The predicted molar refractivity (Wildman–Crippen MR) is 79.1 cm³/mol. The largest absolute Gasteiger partial charge is 0.360 e. The number of hydrogen-bond acceptors (Lipinski definition) is 5. The molecule has 22 heavy (non-hydrogen) atoms. The molecule has 3 aromatic rings. The lowest BCUT2D eigenvalue weighted by Crippen LogP contribution is -2.33. The highest BCUT2D eigenvalue weighted by Gasteiger charge is 2.11. The molecule has 112 valence electrons. The molecule has 1 N–H and O–H groups in total. The summed E-state index contributed by atoms with van der Waals surface area (Å²) in [7, 11) is 0. The van der Waals surface area contributed by atoms with Crippen LogP contribution in [0.15, 0.2) is 45.8 Å². The SMILES string of the molecule is Cc1nc2ccccc2c(=O)n1CC(=O)NCc1ccno1. The van der Waals surface area contributed by atoms with Gasteiger partial charge in [0.25, 0.3) is 5.56 Å². The van der Waals surface area contributed by atoms with Crippen LogP contribution in [-0.2, 0) is 17.9 Å². The van der Waals surface area contributed by atoms with Gasteiger partial charge in [0.2, 0.25) is 5.91 Å². The van der Waals surface area contributed by atoms with Crippen LogP contribution < -0.4 is 10.9 Å². The van der Waals surface area contributed by atoms with E-state index in [2.05, 4.69) is 15.5 Å². The lowest BCUT2D eigenvalue weighted by Gasteiger charge is -2.10. The van der Waals surface area contributed by atoms with Gasteiger partial charge in [-0.2, -0.15) is 0 Å². The summed E-state index contributed by atoms with van der Waals surface area (Å²) in [6, 6.07) is 8.73. The summed E-state index contributed by atoms with van der Waals surface area (Å²) in [6.07, 6.45) is 1.50. The van der Waals surface area contributed by atoms with Crippen LogP contribution in [0.4, 0.5) is 0 Å². The average Bonchev–Trinajstić information content (AvgIpc) is 3.03. The topological polar surface area (TPSA) is 90.0 Å². The third-order valence-corrected chi connectivity index (χ3v) is 3.31. The van der Waals surface area contributed by atoms with E-state index in [9.17, 15) is 9.59 Å². The molecule has 0 spiro atoms. The molecule has 0 atom stereocenters. The molecule has 0 bridgehead atoms. The van der Waals surface area contributed by atoms with Gasteiger partial charge < -0.3 is 9.84 Å². The Morgan fingerprint density at radius 2 is 2.14 bits per heavy atom. The molecule has 3 rings (SSSR count). The summed E-state index contributed by atoms with van der Waals surface area (Å²) in [5.41, 5.74) is 0.404. The average molecular weight is 298 g/mol. The molecule has 2 heterocycles. The van der Waals surface area contributed by atoms with Gasteiger partial charge in [-0.1, -0.05) is 17.3 Å². The van der Waals surface area contributed by atoms with E-state index in [0.29, 0.717) is 22.5 Å². The van der Waals surface area contributed by atoms with Crippen LogP contribution in [0.2, 0.25) is 0 Å². The van der Waals surface area contributed by atoms with Crippen LogP contribution in [0.1, 0.15) is 11.6 Å². The van der Waals surface area contributed by atoms with Gasteiger partial charge in [-0.15, -0.1) is 0 Å². The Bertz CT molecular complexity index is 868. The molecule has 0 radical (unpaired) electrons. The van der Waals surface area contributed by atoms with Gasteiger partial charge in [-0.05, 0) is 19.1 Å². The lowest BCUT2D eigenvalue weighted by atomic mass is 10.2. The zero-order valence-electron chi connectivity index (χ0n) is 11.9. The number of nitrogens with one attached hydrogen (secondary N) is 1. The van der Waals surface area contributed by atoms with Crippen molar-refractivity contribution in [1.29, 1.82) is 0 Å². The first-order valence-electron chi connectivity index (χ1n) is 6.77. The number of carbonyl (C=O) groups is 1. The maximum absolute atomic E-state index is 12.4. The monoisotopic (exact) mass is 298 g/mol. The zero-order valence-corrected chi connectivity index (χ0v) is 11.9. The van der Waals surface area contributed by atoms with E-state index in [1.807, 2.05) is 6.07 Å². The van der Waals surface area contributed by atoms with E-state index in [-0.39, 0.29) is 24.6 Å². The maximum atomic E-state index is 12.4. The minimum absolute atomic E-state index is 0.0867. The summed E-state index contributed by atoms with van der Waals surface area (Å²) in [6.45, 7) is 1.85. The molecule has 0 aliphatic heterocycles. The Morgan fingerprint density at radius 1 is 1.32 bits per heavy atom. The van der Waals surface area contributed by atoms with Crippen LogP contribution in [-0.4, -0.2) is 20.6 Å². The first kappa shape index (κ1) is 14.0. The molecule has 0 saturated carbocycles. The highest BCUT2D eigenvalue weighted by Crippen LogP contribution is 2.07. The Morgan fingerprint density at radius 3 is 2.91 bits per heavy atom. The fourth-order valence-corrected chi connectivity index (χ4v) is 2.18. The molecule has 1 amide bonds. The minimum atomic E-state index is -0.293. The first-order valence-corrected chi connectivity index (χ1v) is 6.77. The Kier molecular flexibility index (Phi) is 3.69. The van der Waals surface area contributed by atoms with Crippen LogP contribution in [0.25, 0.3) is 10.9 Å². The third kappa shape index (κ3) is 2.73. The first-order chi connectivity index (χ1) is 10.6. The van der Waals surface area contributed by atoms with Crippen molar-refractivity contribution >= 4 is 16.8 Å². The zero-order chi connectivity index (χ0) is 15.5. The van der Waals surface area contributed by atoms with Gasteiger partial charge in [0, 0.05) is 6.07 Å². The molecule has 0 saturated heterocycles. The van der Waals surface area contributed by atoms with Gasteiger partial charge in [0.1, 0.15) is 12.4 Å². The number of fused-ring (bicyclic) bond motifs is 1. The molecule has 0 fully saturated rings. The van der Waals surface area contributed by atoms with Gasteiger partial charge >= 0.3 is 0 Å². The quantitative estimate of drug-likeness (QED) is 0.776. The second-order valence-electron chi connectivity index (χ2n) is 4.82. The molecule has 7 nitrogen and oxygen atoms in total. The summed E-state index contributed by atoms with van der Waals surface area (Å²) < 4.78 is 6.25. The molecule has 1 aromatic carbocycles. The minimum Gasteiger partial charge on any atom is -0.360 e. The van der Waals surface area contributed by atoms with Crippen molar-refractivity contribution in [2.45, 2.75) is 20.0 Å². The molecule has 0 aliphatic rings. The van der Waals surface area contributed by atoms with Crippen molar-refractivity contribution in [2.75, 3.05) is 0 Å². The summed E-state index contributed by atoms with van der Waals surface area (Å²) in [5.74, 6) is 0.756. The molecule has 0 unspecified atom stereocenters. The highest BCUT2D eigenvalue weighted by molar-refractivity contribution is 5.79. The van der Waals surface area contributed by atoms with Crippen molar-refractivity contribution in [3.05, 3.63) is 58.5 Å². The highest BCUT2D eigenvalue weighted by atomic mass is 16.5. The second kappa shape index (κ2) is 5.80. The van der Waals surface area contributed by atoms with E-state index in [1.54, 1.807) is 31.2 Å². The lowest BCUT2D eigenvalue weighted by molar-refractivity contribution is -0.122. The van der Waals surface area contributed by atoms with E-state index in [4.69, 9.17) is 4.52 Å². The summed E-state index contributed by atoms with van der Waals surface area (Å²) in [4.78, 5) is 28.8. The number of rotatable bonds is 4. The number of nitrogens with zero attached hydrogens (tertiary/aromatic N) is 3. The van der Waals surface area contributed by atoms with Crippen molar-refractivity contribution < 1.29 is 9.32 Å². The van der Waals surface area contributed by atoms with Crippen molar-refractivity contribution in [2.24, 2.45) is 0 Å². The number of amides is 1. The smallest absolute Gasteiger partial charge is 0.261 e. The third-order valence-electron chi connectivity index (χ3n) is 3.31. The van der Waals surface area contributed by atoms with Crippen molar-refractivity contribution in [3.8, 4) is 0 Å². The number of aryl methyl sites for hydroxylation is 1. The van der Waals surface area contributed by atoms with Gasteiger partial charge in [-0.3, -0.25) is 14.2 Å². The van der Waals surface area contributed by atoms with Gasteiger partial charge in [-0.25, -0.2) is 4.98 Å². The van der Waals surface area contributed by atoms with Crippen LogP contribution >= 0.6 is 0 Å². The Labute approximate surface area is 125 Å². The summed E-state index contributed by atoms with van der Waals surface area (Å²) in [5, 5.41) is 6.73. The number of benzene rings is 1. The fraction of sp³-hybridized carbons (Fsp3) is 0.200. The van der Waals surface area contributed by atoms with Crippen molar-refractivity contribution in [3.63, 3.8) is 0 Å². The van der Waals surface area contributed by atoms with Gasteiger partial charge in [0.05, 0.1) is 23.6 Å². The van der Waals surface area contributed by atoms with Gasteiger partial charge in [0.15, 0.2) is 5.76 Å². The number of para-hydroxylation sites is 1. The summed E-state index contributed by atoms with van der Waals surface area (Å²) >= 11 is 0. The van der Waals surface area contributed by atoms with E-state index in [1.165, 1.54) is 10.8 Å². The molecule has 7 heteroatoms. The second-order valence-corrected chi connectivity index (χ2v) is 4.82. The molecular formula is C15H14N4O3. The van der Waals surface area contributed by atoms with E-state index in [0.717, 1.165) is 0 Å². The number of aromatic nitrogens is 3. The Balaban J connectivity index is 1.81.